The minimum absolute atomic E-state index is 0.259. The number of benzene rings is 2. The summed E-state index contributed by atoms with van der Waals surface area (Å²) < 4.78 is 26.9. The maximum Gasteiger partial charge on any atom is 0.126 e. The third-order valence-corrected chi connectivity index (χ3v) is 3.53. The van der Waals surface area contributed by atoms with Crippen LogP contribution in [0.2, 0.25) is 0 Å². The van der Waals surface area contributed by atoms with Gasteiger partial charge in [-0.15, -0.1) is 0 Å². The fourth-order valence-electron chi connectivity index (χ4n) is 2.18. The topological polar surface area (TPSA) is 38.0 Å². The first-order valence-electron chi connectivity index (χ1n) is 6.48. The molecule has 1 unspecified atom stereocenters. The van der Waals surface area contributed by atoms with Gasteiger partial charge in [0.1, 0.15) is 11.6 Å². The molecule has 2 aromatic rings. The first-order valence-corrected chi connectivity index (χ1v) is 6.48. The van der Waals surface area contributed by atoms with Gasteiger partial charge in [-0.05, 0) is 60.7 Å². The van der Waals surface area contributed by atoms with Crippen molar-refractivity contribution in [3.8, 4) is 0 Å². The molecule has 0 bridgehead atoms. The maximum atomic E-state index is 13.6. The van der Waals surface area contributed by atoms with E-state index in [1.54, 1.807) is 19.1 Å². The van der Waals surface area contributed by atoms with Crippen LogP contribution in [-0.4, -0.2) is 0 Å². The van der Waals surface area contributed by atoms with Crippen molar-refractivity contribution in [3.63, 3.8) is 0 Å². The van der Waals surface area contributed by atoms with Gasteiger partial charge in [0.2, 0.25) is 0 Å². The summed E-state index contributed by atoms with van der Waals surface area (Å²) in [5.41, 5.74) is 5.85. The molecule has 4 heteroatoms. The number of nitrogens with two attached hydrogens (primary N) is 1. The van der Waals surface area contributed by atoms with Crippen molar-refractivity contribution in [2.24, 2.45) is 5.84 Å². The molecule has 20 heavy (non-hydrogen) atoms. The largest absolute Gasteiger partial charge is 0.271 e. The number of aryl methyl sites for hydroxylation is 2. The second kappa shape index (κ2) is 6.11. The Labute approximate surface area is 117 Å². The number of rotatable bonds is 4. The molecule has 0 aliphatic carbocycles. The van der Waals surface area contributed by atoms with Crippen molar-refractivity contribution < 1.29 is 8.78 Å². The summed E-state index contributed by atoms with van der Waals surface area (Å²) in [5, 5.41) is 0. The Morgan fingerprint density at radius 2 is 1.75 bits per heavy atom. The molecule has 3 N–H and O–H groups in total. The molecule has 0 spiro atoms. The van der Waals surface area contributed by atoms with Gasteiger partial charge in [0.05, 0.1) is 6.04 Å². The summed E-state index contributed by atoms with van der Waals surface area (Å²) in [6.45, 7) is 3.62. The molecule has 0 heterocycles. The van der Waals surface area contributed by atoms with Crippen molar-refractivity contribution in [2.75, 3.05) is 0 Å². The molecule has 0 fully saturated rings. The van der Waals surface area contributed by atoms with E-state index >= 15 is 0 Å². The number of nitrogens with one attached hydrogen (secondary N) is 1. The van der Waals surface area contributed by atoms with E-state index in [-0.39, 0.29) is 17.7 Å². The third-order valence-electron chi connectivity index (χ3n) is 3.53. The Kier molecular flexibility index (Phi) is 4.47. The quantitative estimate of drug-likeness (QED) is 0.664. The lowest BCUT2D eigenvalue weighted by Crippen LogP contribution is -2.30. The van der Waals surface area contributed by atoms with E-state index in [9.17, 15) is 8.78 Å². The lowest BCUT2D eigenvalue weighted by molar-refractivity contribution is 0.539. The van der Waals surface area contributed by atoms with Crippen LogP contribution in [0.1, 0.15) is 28.3 Å². The molecule has 1 atom stereocenters. The van der Waals surface area contributed by atoms with Gasteiger partial charge >= 0.3 is 0 Å². The standard InChI is InChI=1S/C16H18F2N2/c1-10-4-6-14(17)7-13(10)9-16(20-19)12-5-3-11(2)15(18)8-12/h3-8,16,20H,9,19H2,1-2H3. The highest BCUT2D eigenvalue weighted by Gasteiger charge is 2.14. The Hall–Kier alpha value is -1.78. The fourth-order valence-corrected chi connectivity index (χ4v) is 2.18. The van der Waals surface area contributed by atoms with Crippen LogP contribution in [0.15, 0.2) is 36.4 Å². The predicted molar refractivity (Wildman–Crippen MR) is 76.0 cm³/mol. The SMILES string of the molecule is Cc1ccc(C(Cc2cc(F)ccc2C)NN)cc1F. The summed E-state index contributed by atoms with van der Waals surface area (Å²) >= 11 is 0. The molecule has 2 rings (SSSR count). The highest BCUT2D eigenvalue weighted by atomic mass is 19.1. The average Bonchev–Trinajstić information content (AvgIpc) is 2.43. The summed E-state index contributed by atoms with van der Waals surface area (Å²) in [6, 6.07) is 9.40. The van der Waals surface area contributed by atoms with E-state index in [1.807, 2.05) is 13.0 Å². The smallest absolute Gasteiger partial charge is 0.126 e. The van der Waals surface area contributed by atoms with Gasteiger partial charge in [0, 0.05) is 0 Å². The van der Waals surface area contributed by atoms with Crippen LogP contribution in [0.3, 0.4) is 0 Å². The Balaban J connectivity index is 2.28. The molecule has 0 aliphatic rings. The minimum atomic E-state index is -0.281. The van der Waals surface area contributed by atoms with Gasteiger partial charge in [-0.1, -0.05) is 18.2 Å². The highest BCUT2D eigenvalue weighted by molar-refractivity contribution is 5.31. The van der Waals surface area contributed by atoms with Gasteiger partial charge < -0.3 is 0 Å². The predicted octanol–water partition coefficient (Wildman–Crippen LogP) is 3.33. The summed E-state index contributed by atoms with van der Waals surface area (Å²) in [4.78, 5) is 0. The third kappa shape index (κ3) is 3.21. The average molecular weight is 276 g/mol. The second-order valence-corrected chi connectivity index (χ2v) is 5.00. The Morgan fingerprint density at radius 1 is 1.05 bits per heavy atom. The van der Waals surface area contributed by atoms with Crippen LogP contribution in [0.25, 0.3) is 0 Å². The normalized spacial score (nSPS) is 12.4. The van der Waals surface area contributed by atoms with Crippen molar-refractivity contribution in [1.29, 1.82) is 0 Å². The first-order chi connectivity index (χ1) is 9.51. The van der Waals surface area contributed by atoms with Gasteiger partial charge in [0.15, 0.2) is 0 Å². The van der Waals surface area contributed by atoms with E-state index in [2.05, 4.69) is 5.43 Å². The molecule has 0 radical (unpaired) electrons. The van der Waals surface area contributed by atoms with Crippen LogP contribution in [0, 0.1) is 25.5 Å². The molecule has 2 aromatic carbocycles. The van der Waals surface area contributed by atoms with Gasteiger partial charge in [-0.3, -0.25) is 11.3 Å². The lowest BCUT2D eigenvalue weighted by Gasteiger charge is -2.18. The number of hydrogen-bond donors (Lipinski definition) is 2. The molecule has 106 valence electrons. The molecule has 0 saturated carbocycles. The second-order valence-electron chi connectivity index (χ2n) is 5.00. The molecule has 0 aromatic heterocycles. The maximum absolute atomic E-state index is 13.6. The number of halogens is 2. The first kappa shape index (κ1) is 14.6. The number of hydrogen-bond acceptors (Lipinski definition) is 2. The fraction of sp³-hybridized carbons (Fsp3) is 0.250. The molecule has 0 saturated heterocycles. The zero-order chi connectivity index (χ0) is 14.7. The van der Waals surface area contributed by atoms with Gasteiger partial charge in [-0.2, -0.15) is 0 Å². The van der Waals surface area contributed by atoms with Crippen LogP contribution in [0.4, 0.5) is 8.78 Å². The van der Waals surface area contributed by atoms with Crippen molar-refractivity contribution in [2.45, 2.75) is 26.3 Å². The van der Waals surface area contributed by atoms with Crippen molar-refractivity contribution in [1.82, 2.24) is 5.43 Å². The summed E-state index contributed by atoms with van der Waals surface area (Å²) in [5.74, 6) is 5.02. The molecule has 0 aliphatic heterocycles. The van der Waals surface area contributed by atoms with Crippen molar-refractivity contribution >= 4 is 0 Å². The van der Waals surface area contributed by atoms with E-state index < -0.39 is 0 Å². The van der Waals surface area contributed by atoms with Gasteiger partial charge in [-0.25, -0.2) is 8.78 Å². The Morgan fingerprint density at radius 3 is 2.40 bits per heavy atom. The van der Waals surface area contributed by atoms with E-state index in [1.165, 1.54) is 18.2 Å². The van der Waals surface area contributed by atoms with E-state index in [4.69, 9.17) is 5.84 Å². The monoisotopic (exact) mass is 276 g/mol. The lowest BCUT2D eigenvalue weighted by atomic mass is 9.96. The molecule has 2 nitrogen and oxygen atoms in total. The van der Waals surface area contributed by atoms with Crippen LogP contribution >= 0.6 is 0 Å². The summed E-state index contributed by atoms with van der Waals surface area (Å²) in [6.07, 6.45) is 0.503. The van der Waals surface area contributed by atoms with E-state index in [0.29, 0.717) is 12.0 Å². The highest BCUT2D eigenvalue weighted by Crippen LogP contribution is 2.22. The van der Waals surface area contributed by atoms with Crippen LogP contribution in [0.5, 0.6) is 0 Å². The zero-order valence-electron chi connectivity index (χ0n) is 11.6. The molecular weight excluding hydrogens is 258 g/mol. The van der Waals surface area contributed by atoms with Crippen LogP contribution in [-0.2, 0) is 6.42 Å². The molecular formula is C16H18F2N2. The zero-order valence-corrected chi connectivity index (χ0v) is 11.6. The summed E-state index contributed by atoms with van der Waals surface area (Å²) in [7, 11) is 0. The van der Waals surface area contributed by atoms with E-state index in [0.717, 1.165) is 16.7 Å². The Bertz CT molecular complexity index is 611. The van der Waals surface area contributed by atoms with Crippen molar-refractivity contribution in [3.05, 3.63) is 70.3 Å². The molecule has 0 amide bonds. The minimum Gasteiger partial charge on any atom is -0.271 e. The van der Waals surface area contributed by atoms with Crippen LogP contribution < -0.4 is 11.3 Å². The number of hydrazine groups is 1. The van der Waals surface area contributed by atoms with Gasteiger partial charge in [0.25, 0.3) is 0 Å².